The van der Waals surface area contributed by atoms with Gasteiger partial charge >= 0.3 is 0 Å². The second-order valence-corrected chi connectivity index (χ2v) is 4.41. The van der Waals surface area contributed by atoms with Crippen LogP contribution in [0.4, 0.5) is 5.69 Å². The van der Waals surface area contributed by atoms with E-state index < -0.39 is 6.10 Å². The van der Waals surface area contributed by atoms with E-state index in [0.29, 0.717) is 6.54 Å². The third-order valence-electron chi connectivity index (χ3n) is 3.29. The highest BCUT2D eigenvalue weighted by Gasteiger charge is 2.27. The SMILES string of the molecule is Cc1cnccc1N1CC[C@H](CO)[C@@H](O)C1. The summed E-state index contributed by atoms with van der Waals surface area (Å²) in [5.74, 6) is 0.0263. The fourth-order valence-electron chi connectivity index (χ4n) is 2.23. The summed E-state index contributed by atoms with van der Waals surface area (Å²) in [5.41, 5.74) is 2.25. The van der Waals surface area contributed by atoms with Gasteiger partial charge in [-0.1, -0.05) is 0 Å². The Morgan fingerprint density at radius 1 is 1.56 bits per heavy atom. The molecule has 0 spiro atoms. The van der Waals surface area contributed by atoms with Gasteiger partial charge < -0.3 is 15.1 Å². The molecule has 2 atom stereocenters. The van der Waals surface area contributed by atoms with E-state index in [4.69, 9.17) is 5.11 Å². The molecule has 2 heterocycles. The monoisotopic (exact) mass is 222 g/mol. The summed E-state index contributed by atoms with van der Waals surface area (Å²) in [5, 5.41) is 19.0. The number of hydrogen-bond acceptors (Lipinski definition) is 4. The highest BCUT2D eigenvalue weighted by molar-refractivity contribution is 5.52. The largest absolute Gasteiger partial charge is 0.396 e. The van der Waals surface area contributed by atoms with Crippen molar-refractivity contribution in [2.75, 3.05) is 24.6 Å². The first kappa shape index (κ1) is 11.4. The number of aliphatic hydroxyl groups excluding tert-OH is 2. The van der Waals surface area contributed by atoms with Crippen LogP contribution in [0.15, 0.2) is 18.5 Å². The van der Waals surface area contributed by atoms with Crippen LogP contribution >= 0.6 is 0 Å². The summed E-state index contributed by atoms with van der Waals surface area (Å²) < 4.78 is 0. The van der Waals surface area contributed by atoms with Crippen molar-refractivity contribution >= 4 is 5.69 Å². The van der Waals surface area contributed by atoms with Crippen molar-refractivity contribution in [2.45, 2.75) is 19.4 Å². The van der Waals surface area contributed by atoms with Gasteiger partial charge in [-0.2, -0.15) is 0 Å². The van der Waals surface area contributed by atoms with Gasteiger partial charge in [0.15, 0.2) is 0 Å². The minimum atomic E-state index is -0.439. The van der Waals surface area contributed by atoms with E-state index in [0.717, 1.165) is 24.2 Å². The van der Waals surface area contributed by atoms with E-state index in [1.54, 1.807) is 6.20 Å². The lowest BCUT2D eigenvalue weighted by molar-refractivity contribution is 0.0548. The van der Waals surface area contributed by atoms with Gasteiger partial charge in [0.2, 0.25) is 0 Å². The van der Waals surface area contributed by atoms with Crippen LogP contribution in [-0.2, 0) is 0 Å². The molecule has 0 saturated carbocycles. The fourth-order valence-corrected chi connectivity index (χ4v) is 2.23. The Morgan fingerprint density at radius 2 is 2.38 bits per heavy atom. The van der Waals surface area contributed by atoms with Crippen LogP contribution in [0.3, 0.4) is 0 Å². The minimum Gasteiger partial charge on any atom is -0.396 e. The molecule has 0 amide bonds. The second kappa shape index (κ2) is 4.80. The first-order valence-electron chi connectivity index (χ1n) is 5.67. The van der Waals surface area contributed by atoms with Gasteiger partial charge in [-0.3, -0.25) is 4.98 Å². The van der Waals surface area contributed by atoms with E-state index >= 15 is 0 Å². The van der Waals surface area contributed by atoms with Gasteiger partial charge in [0.25, 0.3) is 0 Å². The number of aryl methyl sites for hydroxylation is 1. The molecule has 1 aromatic heterocycles. The number of β-amino-alcohol motifs (C(OH)–C–C–N with tert-alkyl or cyclic N) is 1. The normalized spacial score (nSPS) is 25.8. The number of pyridine rings is 1. The number of piperidine rings is 1. The van der Waals surface area contributed by atoms with Crippen LogP contribution in [0.25, 0.3) is 0 Å². The number of aromatic nitrogens is 1. The number of nitrogens with zero attached hydrogens (tertiary/aromatic N) is 2. The van der Waals surface area contributed by atoms with Crippen molar-refractivity contribution in [1.29, 1.82) is 0 Å². The molecule has 1 aromatic rings. The number of anilines is 1. The third kappa shape index (κ3) is 2.18. The molecule has 1 saturated heterocycles. The molecule has 0 aromatic carbocycles. The van der Waals surface area contributed by atoms with Crippen molar-refractivity contribution in [3.8, 4) is 0 Å². The lowest BCUT2D eigenvalue weighted by Crippen LogP contribution is -2.45. The van der Waals surface area contributed by atoms with Gasteiger partial charge in [-0.25, -0.2) is 0 Å². The van der Waals surface area contributed by atoms with Gasteiger partial charge in [-0.05, 0) is 25.0 Å². The van der Waals surface area contributed by atoms with Crippen LogP contribution in [-0.4, -0.2) is 41.0 Å². The van der Waals surface area contributed by atoms with Gasteiger partial charge in [0, 0.05) is 43.7 Å². The van der Waals surface area contributed by atoms with E-state index in [9.17, 15) is 5.11 Å². The molecule has 1 aliphatic rings. The Balaban J connectivity index is 2.11. The van der Waals surface area contributed by atoms with Crippen molar-refractivity contribution in [2.24, 2.45) is 5.92 Å². The maximum atomic E-state index is 9.87. The Morgan fingerprint density at radius 3 is 3.00 bits per heavy atom. The van der Waals surface area contributed by atoms with E-state index in [2.05, 4.69) is 9.88 Å². The first-order chi connectivity index (χ1) is 7.72. The minimum absolute atomic E-state index is 0.0263. The van der Waals surface area contributed by atoms with Crippen LogP contribution in [0.1, 0.15) is 12.0 Å². The predicted octanol–water partition coefficient (Wildman–Crippen LogP) is 0.570. The van der Waals surface area contributed by atoms with Crippen molar-refractivity contribution < 1.29 is 10.2 Å². The molecule has 0 radical (unpaired) electrons. The van der Waals surface area contributed by atoms with Crippen LogP contribution < -0.4 is 4.90 Å². The lowest BCUT2D eigenvalue weighted by atomic mass is 9.94. The molecule has 16 heavy (non-hydrogen) atoms. The molecule has 0 unspecified atom stereocenters. The molecule has 1 fully saturated rings. The molecule has 0 aliphatic carbocycles. The molecular formula is C12H18N2O2. The van der Waals surface area contributed by atoms with Crippen molar-refractivity contribution in [3.63, 3.8) is 0 Å². The molecular weight excluding hydrogens is 204 g/mol. The molecule has 1 aliphatic heterocycles. The van der Waals surface area contributed by atoms with Crippen LogP contribution in [0.2, 0.25) is 0 Å². The summed E-state index contributed by atoms with van der Waals surface area (Å²) in [7, 11) is 0. The number of rotatable bonds is 2. The van der Waals surface area contributed by atoms with Gasteiger partial charge in [0.05, 0.1) is 6.10 Å². The van der Waals surface area contributed by atoms with Gasteiger partial charge in [0.1, 0.15) is 0 Å². The summed E-state index contributed by atoms with van der Waals surface area (Å²) in [6, 6.07) is 1.97. The van der Waals surface area contributed by atoms with Crippen LogP contribution in [0.5, 0.6) is 0 Å². The Labute approximate surface area is 95.5 Å². The number of hydrogen-bond donors (Lipinski definition) is 2. The zero-order chi connectivity index (χ0) is 11.5. The highest BCUT2D eigenvalue weighted by Crippen LogP contribution is 2.25. The zero-order valence-electron chi connectivity index (χ0n) is 9.50. The zero-order valence-corrected chi connectivity index (χ0v) is 9.50. The quantitative estimate of drug-likeness (QED) is 0.768. The molecule has 4 nitrogen and oxygen atoms in total. The molecule has 88 valence electrons. The molecule has 4 heteroatoms. The summed E-state index contributed by atoms with van der Waals surface area (Å²) >= 11 is 0. The van der Waals surface area contributed by atoms with Crippen molar-refractivity contribution in [3.05, 3.63) is 24.0 Å². The van der Waals surface area contributed by atoms with Crippen LogP contribution in [0, 0.1) is 12.8 Å². The summed E-state index contributed by atoms with van der Waals surface area (Å²) in [6.07, 6.45) is 4.00. The average Bonchev–Trinajstić information content (AvgIpc) is 2.29. The van der Waals surface area contributed by atoms with Crippen molar-refractivity contribution in [1.82, 2.24) is 4.98 Å². The Kier molecular flexibility index (Phi) is 3.41. The summed E-state index contributed by atoms with van der Waals surface area (Å²) in [4.78, 5) is 6.22. The number of aliphatic hydroxyl groups is 2. The standard InChI is InChI=1S/C12H18N2O2/c1-9-6-13-4-2-11(9)14-5-3-10(8-15)12(16)7-14/h2,4,6,10,12,15-16H,3,5,7-8H2,1H3/t10-,12+/m1/s1. The Bertz CT molecular complexity index is 357. The van der Waals surface area contributed by atoms with E-state index in [1.807, 2.05) is 19.2 Å². The Hall–Kier alpha value is -1.13. The van der Waals surface area contributed by atoms with E-state index in [-0.39, 0.29) is 12.5 Å². The highest BCUT2D eigenvalue weighted by atomic mass is 16.3. The smallest absolute Gasteiger partial charge is 0.0765 e. The molecule has 0 bridgehead atoms. The molecule has 2 rings (SSSR count). The predicted molar refractivity (Wildman–Crippen MR) is 62.4 cm³/mol. The summed E-state index contributed by atoms with van der Waals surface area (Å²) in [6.45, 7) is 3.57. The lowest BCUT2D eigenvalue weighted by Gasteiger charge is -2.37. The second-order valence-electron chi connectivity index (χ2n) is 4.41. The van der Waals surface area contributed by atoms with Gasteiger partial charge in [-0.15, -0.1) is 0 Å². The topological polar surface area (TPSA) is 56.6 Å². The maximum absolute atomic E-state index is 9.87. The molecule has 2 N–H and O–H groups in total. The third-order valence-corrected chi connectivity index (χ3v) is 3.29. The fraction of sp³-hybridized carbons (Fsp3) is 0.583. The van der Waals surface area contributed by atoms with E-state index in [1.165, 1.54) is 0 Å². The maximum Gasteiger partial charge on any atom is 0.0765 e. The average molecular weight is 222 g/mol. The first-order valence-corrected chi connectivity index (χ1v) is 5.67.